The average Bonchev–Trinajstić information content (AvgIpc) is 2.93. The molecule has 0 unspecified atom stereocenters. The smallest absolute Gasteiger partial charge is 0.294 e. The van der Waals surface area contributed by atoms with Crippen LogP contribution >= 0.6 is 15.9 Å². The molecule has 0 saturated carbocycles. The molecule has 3 rings (SSSR count). The molecule has 1 aliphatic heterocycles. The Hall–Kier alpha value is -2.80. The molecule has 0 bridgehead atoms. The molecule has 0 aromatic heterocycles. The molecule has 0 radical (unpaired) electrons. The number of nitrogens with zero attached hydrogens (tertiary/aromatic N) is 1. The monoisotopic (exact) mass is 431 g/mol. The highest BCUT2D eigenvalue weighted by Gasteiger charge is 2.44. The second-order valence-electron chi connectivity index (χ2n) is 5.98. The minimum Gasteiger partial charge on any atom is -0.503 e. The predicted octanol–water partition coefficient (Wildman–Crippen LogP) is 3.96. The zero-order valence-electron chi connectivity index (χ0n) is 15.0. The number of Topliss-reactive ketones (excluding diaryl/α,β-unsaturated/α-hetero) is 1. The predicted molar refractivity (Wildman–Crippen MR) is 104 cm³/mol. The number of ether oxygens (including phenoxy) is 2. The maximum Gasteiger partial charge on any atom is 0.294 e. The van der Waals surface area contributed by atoms with E-state index in [1.54, 1.807) is 42.5 Å². The second kappa shape index (κ2) is 7.44. The van der Waals surface area contributed by atoms with Crippen LogP contribution in [0.1, 0.15) is 18.5 Å². The number of anilines is 1. The van der Waals surface area contributed by atoms with Gasteiger partial charge in [0.15, 0.2) is 11.5 Å². The minimum absolute atomic E-state index is 0.0337. The van der Waals surface area contributed by atoms with Crippen molar-refractivity contribution in [2.75, 3.05) is 19.1 Å². The lowest BCUT2D eigenvalue weighted by Crippen LogP contribution is -2.31. The van der Waals surface area contributed by atoms with E-state index in [4.69, 9.17) is 9.47 Å². The summed E-state index contributed by atoms with van der Waals surface area (Å²) in [6.45, 7) is 1.33. The van der Waals surface area contributed by atoms with Crippen molar-refractivity contribution in [1.82, 2.24) is 0 Å². The van der Waals surface area contributed by atoms with Gasteiger partial charge in [-0.3, -0.25) is 14.5 Å². The van der Waals surface area contributed by atoms with E-state index in [0.717, 1.165) is 4.47 Å². The third-order valence-corrected chi connectivity index (χ3v) is 4.96. The topological polar surface area (TPSA) is 76.1 Å². The number of carbonyl (C=O) groups excluding carboxylic acids is 2. The van der Waals surface area contributed by atoms with Gasteiger partial charge >= 0.3 is 0 Å². The summed E-state index contributed by atoms with van der Waals surface area (Å²) in [6.07, 6.45) is 0. The summed E-state index contributed by atoms with van der Waals surface area (Å²) in [4.78, 5) is 26.5. The molecule has 0 spiro atoms. The second-order valence-corrected chi connectivity index (χ2v) is 6.90. The van der Waals surface area contributed by atoms with E-state index in [1.165, 1.54) is 26.0 Å². The SMILES string of the molecule is COc1ccc([C@H]2C(C(C)=O)=C(O)C(=O)N2c2ccc(Br)cc2)c(OC)c1. The molecule has 1 aliphatic rings. The van der Waals surface area contributed by atoms with Crippen LogP contribution in [0.5, 0.6) is 11.5 Å². The van der Waals surface area contributed by atoms with Gasteiger partial charge in [0.25, 0.3) is 5.91 Å². The Morgan fingerprint density at radius 1 is 1.11 bits per heavy atom. The van der Waals surface area contributed by atoms with Crippen LogP contribution in [0.4, 0.5) is 5.69 Å². The van der Waals surface area contributed by atoms with Crippen molar-refractivity contribution < 1.29 is 24.2 Å². The molecule has 1 atom stereocenters. The van der Waals surface area contributed by atoms with Crippen LogP contribution in [0.15, 0.2) is 58.3 Å². The first kappa shape index (κ1) is 19.0. The molecule has 2 aromatic rings. The van der Waals surface area contributed by atoms with Crippen LogP contribution in [0.3, 0.4) is 0 Å². The lowest BCUT2D eigenvalue weighted by Gasteiger charge is -2.28. The number of ketones is 1. The first-order chi connectivity index (χ1) is 12.9. The number of hydrogen-bond donors (Lipinski definition) is 1. The highest BCUT2D eigenvalue weighted by molar-refractivity contribution is 9.10. The fourth-order valence-electron chi connectivity index (χ4n) is 3.17. The van der Waals surface area contributed by atoms with E-state index in [9.17, 15) is 14.7 Å². The number of aliphatic hydroxyl groups excluding tert-OH is 1. The maximum absolute atomic E-state index is 12.8. The normalized spacial score (nSPS) is 16.7. The van der Waals surface area contributed by atoms with Crippen molar-refractivity contribution in [3.8, 4) is 11.5 Å². The molecule has 140 valence electrons. The van der Waals surface area contributed by atoms with Gasteiger partial charge in [0.2, 0.25) is 0 Å². The maximum atomic E-state index is 12.8. The molecule has 0 saturated heterocycles. The molecular weight excluding hydrogens is 414 g/mol. The number of amides is 1. The van der Waals surface area contributed by atoms with Gasteiger partial charge in [-0.15, -0.1) is 0 Å². The lowest BCUT2D eigenvalue weighted by atomic mass is 9.95. The number of aliphatic hydroxyl groups is 1. The highest BCUT2D eigenvalue weighted by atomic mass is 79.9. The van der Waals surface area contributed by atoms with Gasteiger partial charge in [0.05, 0.1) is 25.8 Å². The molecular formula is C20H18BrNO5. The molecule has 0 aliphatic carbocycles. The molecule has 6 nitrogen and oxygen atoms in total. The van der Waals surface area contributed by atoms with Crippen molar-refractivity contribution >= 4 is 33.3 Å². The van der Waals surface area contributed by atoms with E-state index in [2.05, 4.69) is 15.9 Å². The van der Waals surface area contributed by atoms with Crippen LogP contribution in [0.2, 0.25) is 0 Å². The van der Waals surface area contributed by atoms with Crippen molar-refractivity contribution in [3.63, 3.8) is 0 Å². The Kier molecular flexibility index (Phi) is 5.23. The number of benzene rings is 2. The van der Waals surface area contributed by atoms with Gasteiger partial charge in [-0.1, -0.05) is 15.9 Å². The summed E-state index contributed by atoms with van der Waals surface area (Å²) in [5.41, 5.74) is 1.16. The standard InChI is InChI=1S/C20H18BrNO5/c1-11(23)17-18(15-9-8-14(26-2)10-16(15)27-3)22(20(25)19(17)24)13-6-4-12(21)5-7-13/h4-10,18,24H,1-3H3/t18-/m0/s1. The van der Waals surface area contributed by atoms with Crippen LogP contribution in [-0.4, -0.2) is 31.0 Å². The Labute approximate surface area is 165 Å². The number of halogens is 1. The van der Waals surface area contributed by atoms with Crippen molar-refractivity contribution in [1.29, 1.82) is 0 Å². The largest absolute Gasteiger partial charge is 0.503 e. The Balaban J connectivity index is 2.22. The van der Waals surface area contributed by atoms with Gasteiger partial charge in [-0.2, -0.15) is 0 Å². The van der Waals surface area contributed by atoms with Gasteiger partial charge in [0, 0.05) is 21.8 Å². The summed E-state index contributed by atoms with van der Waals surface area (Å²) in [6, 6.07) is 11.4. The summed E-state index contributed by atoms with van der Waals surface area (Å²) >= 11 is 3.36. The first-order valence-electron chi connectivity index (χ1n) is 8.14. The van der Waals surface area contributed by atoms with Crippen molar-refractivity contribution in [2.24, 2.45) is 0 Å². The average molecular weight is 432 g/mol. The zero-order chi connectivity index (χ0) is 19.7. The van der Waals surface area contributed by atoms with Crippen molar-refractivity contribution in [3.05, 3.63) is 63.8 Å². The van der Waals surface area contributed by atoms with Gasteiger partial charge in [-0.05, 0) is 43.3 Å². The lowest BCUT2D eigenvalue weighted by molar-refractivity contribution is -0.117. The quantitative estimate of drug-likeness (QED) is 0.775. The highest BCUT2D eigenvalue weighted by Crippen LogP contribution is 2.44. The van der Waals surface area contributed by atoms with Gasteiger partial charge < -0.3 is 14.6 Å². The Morgan fingerprint density at radius 3 is 2.33 bits per heavy atom. The summed E-state index contributed by atoms with van der Waals surface area (Å²) in [7, 11) is 3.03. The minimum atomic E-state index is -0.808. The van der Waals surface area contributed by atoms with E-state index in [1.807, 2.05) is 0 Å². The third-order valence-electron chi connectivity index (χ3n) is 4.43. The molecule has 27 heavy (non-hydrogen) atoms. The van der Waals surface area contributed by atoms with E-state index in [-0.39, 0.29) is 11.4 Å². The fourth-order valence-corrected chi connectivity index (χ4v) is 3.44. The van der Waals surface area contributed by atoms with Crippen LogP contribution in [-0.2, 0) is 9.59 Å². The molecule has 7 heteroatoms. The number of carbonyl (C=O) groups is 2. The number of rotatable bonds is 5. The molecule has 1 amide bonds. The fraction of sp³-hybridized carbons (Fsp3) is 0.200. The molecule has 0 fully saturated rings. The summed E-state index contributed by atoms with van der Waals surface area (Å²) < 4.78 is 11.5. The van der Waals surface area contributed by atoms with Gasteiger partial charge in [-0.25, -0.2) is 0 Å². The van der Waals surface area contributed by atoms with Crippen molar-refractivity contribution in [2.45, 2.75) is 13.0 Å². The van der Waals surface area contributed by atoms with Crippen LogP contribution in [0.25, 0.3) is 0 Å². The number of methoxy groups -OCH3 is 2. The Bertz CT molecular complexity index is 936. The zero-order valence-corrected chi connectivity index (χ0v) is 16.6. The first-order valence-corrected chi connectivity index (χ1v) is 8.93. The van der Waals surface area contributed by atoms with Crippen LogP contribution < -0.4 is 14.4 Å². The summed E-state index contributed by atoms with van der Waals surface area (Å²) in [5, 5.41) is 10.4. The number of hydrogen-bond acceptors (Lipinski definition) is 5. The third kappa shape index (κ3) is 3.30. The van der Waals surface area contributed by atoms with Gasteiger partial charge in [0.1, 0.15) is 11.5 Å². The van der Waals surface area contributed by atoms with E-state index >= 15 is 0 Å². The molecule has 1 N–H and O–H groups in total. The Morgan fingerprint density at radius 2 is 1.78 bits per heavy atom. The van der Waals surface area contributed by atoms with Crippen LogP contribution in [0, 0.1) is 0 Å². The molecule has 1 heterocycles. The molecule has 2 aromatic carbocycles. The van der Waals surface area contributed by atoms with E-state index < -0.39 is 17.7 Å². The van der Waals surface area contributed by atoms with E-state index in [0.29, 0.717) is 22.7 Å². The summed E-state index contributed by atoms with van der Waals surface area (Å²) in [5.74, 6) is -0.544.